The molecule has 1 aromatic heterocycles. The van der Waals surface area contributed by atoms with E-state index in [1.54, 1.807) is 22.8 Å². The van der Waals surface area contributed by atoms with Crippen molar-refractivity contribution in [1.82, 2.24) is 5.32 Å². The number of rotatable bonds is 5. The molecule has 2 N–H and O–H groups in total. The highest BCUT2D eigenvalue weighted by Gasteiger charge is 2.27. The van der Waals surface area contributed by atoms with Crippen LogP contribution >= 0.6 is 11.3 Å². The molecule has 0 saturated carbocycles. The van der Waals surface area contributed by atoms with Gasteiger partial charge in [0.1, 0.15) is 5.69 Å². The van der Waals surface area contributed by atoms with Gasteiger partial charge in [-0.2, -0.15) is 0 Å². The number of carbonyl (C=O) groups is 2. The summed E-state index contributed by atoms with van der Waals surface area (Å²) in [6.07, 6.45) is -0.459. The Morgan fingerprint density at radius 1 is 1.04 bits per heavy atom. The van der Waals surface area contributed by atoms with E-state index in [2.05, 4.69) is 5.32 Å². The molecule has 1 unspecified atom stereocenters. The fourth-order valence-electron chi connectivity index (χ4n) is 2.05. The van der Waals surface area contributed by atoms with E-state index in [0.717, 1.165) is 0 Å². The zero-order valence-corrected chi connectivity index (χ0v) is 13.4. The first-order valence-corrected chi connectivity index (χ1v) is 7.72. The summed E-state index contributed by atoms with van der Waals surface area (Å²) in [6.45, 7) is 1.21. The summed E-state index contributed by atoms with van der Waals surface area (Å²) in [5.74, 6) is -12.4. The van der Waals surface area contributed by atoms with Crippen molar-refractivity contribution >= 4 is 28.8 Å². The molecule has 1 heterocycles. The number of halogens is 5. The lowest BCUT2D eigenvalue weighted by Crippen LogP contribution is -2.29. The van der Waals surface area contributed by atoms with Gasteiger partial charge >= 0.3 is 0 Å². The maximum absolute atomic E-state index is 13.6. The van der Waals surface area contributed by atoms with Gasteiger partial charge in [0.05, 0.1) is 12.5 Å². The van der Waals surface area contributed by atoms with Crippen molar-refractivity contribution in [3.05, 3.63) is 51.5 Å². The maximum atomic E-state index is 13.6. The number of amides is 2. The van der Waals surface area contributed by atoms with Crippen molar-refractivity contribution in [3.8, 4) is 0 Å². The zero-order valence-electron chi connectivity index (χ0n) is 12.6. The van der Waals surface area contributed by atoms with Gasteiger partial charge in [-0.1, -0.05) is 6.07 Å². The summed E-state index contributed by atoms with van der Waals surface area (Å²) < 4.78 is 66.4. The standard InChI is InChI=1S/C15H11F5N2O2S/c1-6(23)21-7(8-3-2-4-25-8)5-9(24)22-15-13(19)11(17)10(16)12(18)14(15)20/h2-4,7H,5H2,1H3,(H,21,23)(H,22,24). The predicted molar refractivity (Wildman–Crippen MR) is 80.4 cm³/mol. The van der Waals surface area contributed by atoms with Crippen molar-refractivity contribution in [2.75, 3.05) is 5.32 Å². The Labute approximate surface area is 142 Å². The van der Waals surface area contributed by atoms with Crippen LogP contribution in [0.5, 0.6) is 0 Å². The van der Waals surface area contributed by atoms with Gasteiger partial charge in [0, 0.05) is 11.8 Å². The smallest absolute Gasteiger partial charge is 0.226 e. The number of carbonyl (C=O) groups excluding carboxylic acids is 2. The Kier molecular flexibility index (Phi) is 5.73. The van der Waals surface area contributed by atoms with Crippen molar-refractivity contribution in [1.29, 1.82) is 0 Å². The third-order valence-electron chi connectivity index (χ3n) is 3.13. The van der Waals surface area contributed by atoms with Crippen LogP contribution < -0.4 is 10.6 Å². The van der Waals surface area contributed by atoms with Gasteiger partial charge in [-0.05, 0) is 11.4 Å². The molecule has 0 bridgehead atoms. The van der Waals surface area contributed by atoms with Crippen molar-refractivity contribution in [3.63, 3.8) is 0 Å². The lowest BCUT2D eigenvalue weighted by atomic mass is 10.1. The minimum absolute atomic E-state index is 0.456. The second-order valence-corrected chi connectivity index (χ2v) is 5.95. The Bertz CT molecular complexity index is 782. The van der Waals surface area contributed by atoms with Crippen LogP contribution in [0.2, 0.25) is 0 Å². The van der Waals surface area contributed by atoms with Gasteiger partial charge in [-0.3, -0.25) is 9.59 Å². The second-order valence-electron chi connectivity index (χ2n) is 4.97. The topological polar surface area (TPSA) is 58.2 Å². The maximum Gasteiger partial charge on any atom is 0.226 e. The first kappa shape index (κ1) is 18.8. The summed E-state index contributed by atoms with van der Waals surface area (Å²) in [4.78, 5) is 23.8. The monoisotopic (exact) mass is 378 g/mol. The van der Waals surface area contributed by atoms with Crippen LogP contribution in [0.4, 0.5) is 27.6 Å². The Morgan fingerprint density at radius 3 is 2.08 bits per heavy atom. The Morgan fingerprint density at radius 2 is 1.60 bits per heavy atom. The van der Waals surface area contributed by atoms with Crippen LogP contribution in [-0.4, -0.2) is 11.8 Å². The molecular formula is C15H11F5N2O2S. The summed E-state index contributed by atoms with van der Waals surface area (Å²) >= 11 is 1.22. The molecule has 0 aliphatic carbocycles. The van der Waals surface area contributed by atoms with Crippen LogP contribution in [0, 0.1) is 29.1 Å². The highest BCUT2D eigenvalue weighted by molar-refractivity contribution is 7.10. The molecule has 25 heavy (non-hydrogen) atoms. The van der Waals surface area contributed by atoms with Gasteiger partial charge in [0.25, 0.3) is 0 Å². The largest absolute Gasteiger partial charge is 0.348 e. The number of anilines is 1. The molecule has 134 valence electrons. The van der Waals surface area contributed by atoms with Crippen LogP contribution in [0.3, 0.4) is 0 Å². The van der Waals surface area contributed by atoms with Crippen molar-refractivity contribution in [2.24, 2.45) is 0 Å². The minimum atomic E-state index is -2.32. The highest BCUT2D eigenvalue weighted by atomic mass is 32.1. The van der Waals surface area contributed by atoms with Gasteiger partial charge in [0.15, 0.2) is 23.3 Å². The van der Waals surface area contributed by atoms with E-state index >= 15 is 0 Å². The summed E-state index contributed by atoms with van der Waals surface area (Å²) in [5.41, 5.74) is -1.44. The molecule has 0 fully saturated rings. The number of nitrogens with one attached hydrogen (secondary N) is 2. The van der Waals surface area contributed by atoms with E-state index in [4.69, 9.17) is 0 Å². The normalized spacial score (nSPS) is 11.9. The van der Waals surface area contributed by atoms with E-state index < -0.39 is 59.1 Å². The molecule has 10 heteroatoms. The molecule has 2 rings (SSSR count). The van der Waals surface area contributed by atoms with Gasteiger partial charge in [-0.25, -0.2) is 22.0 Å². The number of thiophene rings is 1. The van der Waals surface area contributed by atoms with E-state index in [-0.39, 0.29) is 0 Å². The molecule has 4 nitrogen and oxygen atoms in total. The predicted octanol–water partition coefficient (Wildman–Crippen LogP) is 3.65. The van der Waals surface area contributed by atoms with Crippen LogP contribution in [0.25, 0.3) is 0 Å². The molecule has 0 saturated heterocycles. The average molecular weight is 378 g/mol. The minimum Gasteiger partial charge on any atom is -0.348 e. The Balaban J connectivity index is 2.23. The van der Waals surface area contributed by atoms with E-state index in [1.165, 1.54) is 18.3 Å². The molecule has 0 spiro atoms. The Hall–Kier alpha value is -2.49. The van der Waals surface area contributed by atoms with Crippen LogP contribution in [0.1, 0.15) is 24.3 Å². The molecule has 0 aliphatic heterocycles. The van der Waals surface area contributed by atoms with E-state index in [9.17, 15) is 31.5 Å². The van der Waals surface area contributed by atoms with E-state index in [0.29, 0.717) is 4.88 Å². The molecule has 1 atom stereocenters. The SMILES string of the molecule is CC(=O)NC(CC(=O)Nc1c(F)c(F)c(F)c(F)c1F)c1cccs1. The summed E-state index contributed by atoms with van der Waals surface area (Å²) in [6, 6.07) is 2.48. The fourth-order valence-corrected chi connectivity index (χ4v) is 2.83. The molecule has 0 radical (unpaired) electrons. The highest BCUT2D eigenvalue weighted by Crippen LogP contribution is 2.28. The fraction of sp³-hybridized carbons (Fsp3) is 0.200. The average Bonchev–Trinajstić information content (AvgIpc) is 3.08. The number of hydrogen-bond donors (Lipinski definition) is 2. The number of benzene rings is 1. The van der Waals surface area contributed by atoms with Crippen LogP contribution in [0.15, 0.2) is 17.5 Å². The van der Waals surface area contributed by atoms with Crippen molar-refractivity contribution in [2.45, 2.75) is 19.4 Å². The lowest BCUT2D eigenvalue weighted by molar-refractivity contribution is -0.120. The first-order chi connectivity index (χ1) is 11.7. The third kappa shape index (κ3) is 4.13. The molecule has 1 aromatic carbocycles. The zero-order chi connectivity index (χ0) is 18.7. The van der Waals surface area contributed by atoms with Crippen LogP contribution in [-0.2, 0) is 9.59 Å². The van der Waals surface area contributed by atoms with Gasteiger partial charge in [-0.15, -0.1) is 11.3 Å². The quantitative estimate of drug-likeness (QED) is 0.474. The van der Waals surface area contributed by atoms with E-state index in [1.807, 2.05) is 0 Å². The molecular weight excluding hydrogens is 367 g/mol. The first-order valence-electron chi connectivity index (χ1n) is 6.84. The van der Waals surface area contributed by atoms with Gasteiger partial charge < -0.3 is 10.6 Å². The molecule has 2 amide bonds. The molecule has 0 aliphatic rings. The summed E-state index contributed by atoms with van der Waals surface area (Å²) in [5, 5.41) is 5.83. The van der Waals surface area contributed by atoms with Gasteiger partial charge in [0.2, 0.25) is 17.6 Å². The second kappa shape index (κ2) is 7.60. The summed E-state index contributed by atoms with van der Waals surface area (Å²) in [7, 11) is 0. The third-order valence-corrected chi connectivity index (χ3v) is 4.11. The lowest BCUT2D eigenvalue weighted by Gasteiger charge is -2.17. The number of hydrogen-bond acceptors (Lipinski definition) is 3. The molecule has 2 aromatic rings. The van der Waals surface area contributed by atoms with Crippen molar-refractivity contribution < 1.29 is 31.5 Å².